The minimum Gasteiger partial charge on any atom is -0.493 e. The molecule has 0 spiro atoms. The quantitative estimate of drug-likeness (QED) is 0.853. The van der Waals surface area contributed by atoms with E-state index < -0.39 is 11.7 Å². The molecular formula is C15H20F3N3O2. The number of carbonyl (C=O) groups is 1. The van der Waals surface area contributed by atoms with Crippen LogP contribution in [0.15, 0.2) is 12.3 Å². The number of hydrogen-bond donors (Lipinski definition) is 0. The van der Waals surface area contributed by atoms with Crippen molar-refractivity contribution in [3.05, 3.63) is 17.8 Å². The number of methoxy groups -OCH3 is 1. The summed E-state index contributed by atoms with van der Waals surface area (Å²) in [5.41, 5.74) is -0.841. The highest BCUT2D eigenvalue weighted by Crippen LogP contribution is 2.35. The molecular weight excluding hydrogens is 311 g/mol. The molecule has 0 radical (unpaired) electrons. The normalized spacial score (nSPS) is 16.0. The van der Waals surface area contributed by atoms with Crippen molar-refractivity contribution in [2.75, 3.05) is 38.2 Å². The van der Waals surface area contributed by atoms with E-state index in [1.165, 1.54) is 7.11 Å². The number of alkyl halides is 3. The zero-order chi connectivity index (χ0) is 17.2. The molecule has 0 aromatic carbocycles. The van der Waals surface area contributed by atoms with Gasteiger partial charge in [-0.15, -0.1) is 0 Å². The molecule has 1 aromatic rings. The lowest BCUT2D eigenvalue weighted by atomic mass is 10.1. The highest BCUT2D eigenvalue weighted by molar-refractivity contribution is 5.78. The fraction of sp³-hybridized carbons (Fsp3) is 0.600. The number of aromatic nitrogens is 1. The number of hydrogen-bond acceptors (Lipinski definition) is 4. The van der Waals surface area contributed by atoms with E-state index in [2.05, 4.69) is 4.98 Å². The fourth-order valence-corrected chi connectivity index (χ4v) is 2.48. The van der Waals surface area contributed by atoms with Crippen LogP contribution in [0.3, 0.4) is 0 Å². The van der Waals surface area contributed by atoms with Gasteiger partial charge in [0.15, 0.2) is 11.6 Å². The summed E-state index contributed by atoms with van der Waals surface area (Å²) in [5, 5.41) is 0. The van der Waals surface area contributed by atoms with Gasteiger partial charge in [0.05, 0.1) is 12.7 Å². The molecule has 1 amide bonds. The number of piperazine rings is 1. The van der Waals surface area contributed by atoms with Crippen LogP contribution < -0.4 is 9.64 Å². The number of ether oxygens (including phenoxy) is 1. The van der Waals surface area contributed by atoms with Gasteiger partial charge in [-0.1, -0.05) is 13.8 Å². The minimum absolute atomic E-state index is 0.0692. The van der Waals surface area contributed by atoms with E-state index in [0.717, 1.165) is 12.3 Å². The first-order valence-corrected chi connectivity index (χ1v) is 7.39. The highest BCUT2D eigenvalue weighted by Gasteiger charge is 2.33. The number of amides is 1. The lowest BCUT2D eigenvalue weighted by Crippen LogP contribution is -2.50. The van der Waals surface area contributed by atoms with Gasteiger partial charge in [-0.3, -0.25) is 4.79 Å². The van der Waals surface area contributed by atoms with Crippen molar-refractivity contribution in [1.82, 2.24) is 9.88 Å². The summed E-state index contributed by atoms with van der Waals surface area (Å²) < 4.78 is 43.3. The number of halogens is 3. The van der Waals surface area contributed by atoms with Crippen LogP contribution in [0.1, 0.15) is 19.4 Å². The number of carbonyl (C=O) groups excluding carboxylic acids is 1. The van der Waals surface area contributed by atoms with Gasteiger partial charge in [0.2, 0.25) is 5.91 Å². The van der Waals surface area contributed by atoms with Gasteiger partial charge in [0, 0.05) is 38.3 Å². The van der Waals surface area contributed by atoms with E-state index in [1.807, 2.05) is 18.7 Å². The second-order valence-electron chi connectivity index (χ2n) is 5.71. The SMILES string of the molecule is COc1cc(C(F)(F)F)cnc1N1CCN(C(=O)C(C)C)CC1. The zero-order valence-electron chi connectivity index (χ0n) is 13.4. The van der Waals surface area contributed by atoms with Crippen molar-refractivity contribution in [1.29, 1.82) is 0 Å². The molecule has 1 aliphatic heterocycles. The Labute approximate surface area is 133 Å². The van der Waals surface area contributed by atoms with Gasteiger partial charge < -0.3 is 14.5 Å². The van der Waals surface area contributed by atoms with Gasteiger partial charge in [0.25, 0.3) is 0 Å². The standard InChI is InChI=1S/C15H20F3N3O2/c1-10(2)14(22)21-6-4-20(5-7-21)13-12(23-3)8-11(9-19-13)15(16,17)18/h8-10H,4-7H2,1-3H3. The molecule has 0 atom stereocenters. The Hall–Kier alpha value is -1.99. The molecule has 1 saturated heterocycles. The second kappa shape index (κ2) is 6.64. The summed E-state index contributed by atoms with van der Waals surface area (Å²) in [7, 11) is 1.32. The van der Waals surface area contributed by atoms with Gasteiger partial charge in [-0.05, 0) is 6.07 Å². The average molecular weight is 331 g/mol. The van der Waals surface area contributed by atoms with Crippen LogP contribution in [-0.2, 0) is 11.0 Å². The molecule has 0 saturated carbocycles. The molecule has 1 aliphatic rings. The Morgan fingerprint density at radius 2 is 1.87 bits per heavy atom. The van der Waals surface area contributed by atoms with Crippen molar-refractivity contribution in [3.8, 4) is 5.75 Å². The Morgan fingerprint density at radius 3 is 2.35 bits per heavy atom. The molecule has 0 unspecified atom stereocenters. The molecule has 0 aliphatic carbocycles. The van der Waals surface area contributed by atoms with Gasteiger partial charge in [-0.25, -0.2) is 4.98 Å². The third-order valence-electron chi connectivity index (χ3n) is 3.76. The Bertz CT molecular complexity index is 568. The van der Waals surface area contributed by atoms with E-state index in [0.29, 0.717) is 32.0 Å². The monoisotopic (exact) mass is 331 g/mol. The predicted molar refractivity (Wildman–Crippen MR) is 79.4 cm³/mol. The maximum Gasteiger partial charge on any atom is 0.418 e. The number of pyridine rings is 1. The first kappa shape index (κ1) is 17.4. The minimum atomic E-state index is -4.46. The van der Waals surface area contributed by atoms with E-state index >= 15 is 0 Å². The molecule has 1 aromatic heterocycles. The van der Waals surface area contributed by atoms with Crippen LogP contribution in [-0.4, -0.2) is 49.1 Å². The van der Waals surface area contributed by atoms with Gasteiger partial charge >= 0.3 is 6.18 Å². The fourth-order valence-electron chi connectivity index (χ4n) is 2.48. The number of nitrogens with zero attached hydrogens (tertiary/aromatic N) is 3. The predicted octanol–water partition coefficient (Wildman–Crippen LogP) is 2.41. The third-order valence-corrected chi connectivity index (χ3v) is 3.76. The zero-order valence-corrected chi connectivity index (χ0v) is 13.4. The molecule has 5 nitrogen and oxygen atoms in total. The van der Waals surface area contributed by atoms with Gasteiger partial charge in [0.1, 0.15) is 0 Å². The number of rotatable bonds is 3. The molecule has 128 valence electrons. The summed E-state index contributed by atoms with van der Waals surface area (Å²) in [5.74, 6) is 0.470. The Morgan fingerprint density at radius 1 is 1.26 bits per heavy atom. The summed E-state index contributed by atoms with van der Waals surface area (Å²) >= 11 is 0. The molecule has 2 heterocycles. The van der Waals surface area contributed by atoms with Crippen LogP contribution in [0.5, 0.6) is 5.75 Å². The van der Waals surface area contributed by atoms with Crippen molar-refractivity contribution in [2.24, 2.45) is 5.92 Å². The first-order valence-electron chi connectivity index (χ1n) is 7.39. The van der Waals surface area contributed by atoms with Crippen molar-refractivity contribution in [2.45, 2.75) is 20.0 Å². The summed E-state index contributed by atoms with van der Waals surface area (Å²) in [6.45, 7) is 5.73. The maximum absolute atomic E-state index is 12.7. The molecule has 0 N–H and O–H groups in total. The largest absolute Gasteiger partial charge is 0.493 e. The third kappa shape index (κ3) is 3.86. The van der Waals surface area contributed by atoms with Crippen molar-refractivity contribution >= 4 is 11.7 Å². The molecule has 23 heavy (non-hydrogen) atoms. The van der Waals surface area contributed by atoms with E-state index in [4.69, 9.17) is 4.74 Å². The van der Waals surface area contributed by atoms with E-state index in [-0.39, 0.29) is 17.6 Å². The summed E-state index contributed by atoms with van der Waals surface area (Å²) in [6.07, 6.45) is -3.65. The molecule has 1 fully saturated rings. The summed E-state index contributed by atoms with van der Waals surface area (Å²) in [4.78, 5) is 19.5. The van der Waals surface area contributed by atoms with Crippen LogP contribution in [0.25, 0.3) is 0 Å². The maximum atomic E-state index is 12.7. The van der Waals surface area contributed by atoms with Crippen LogP contribution in [0.4, 0.5) is 19.0 Å². The van der Waals surface area contributed by atoms with E-state index in [9.17, 15) is 18.0 Å². The van der Waals surface area contributed by atoms with Crippen molar-refractivity contribution < 1.29 is 22.7 Å². The molecule has 0 bridgehead atoms. The lowest BCUT2D eigenvalue weighted by Gasteiger charge is -2.36. The Balaban J connectivity index is 2.13. The highest BCUT2D eigenvalue weighted by atomic mass is 19.4. The van der Waals surface area contributed by atoms with Crippen molar-refractivity contribution in [3.63, 3.8) is 0 Å². The summed E-state index contributed by atoms with van der Waals surface area (Å²) in [6, 6.07) is 0.952. The first-order chi connectivity index (χ1) is 10.7. The van der Waals surface area contributed by atoms with Gasteiger partial charge in [-0.2, -0.15) is 13.2 Å². The lowest BCUT2D eigenvalue weighted by molar-refractivity contribution is -0.138. The number of anilines is 1. The van der Waals surface area contributed by atoms with Crippen LogP contribution in [0, 0.1) is 5.92 Å². The molecule has 8 heteroatoms. The van der Waals surface area contributed by atoms with E-state index in [1.54, 1.807) is 4.90 Å². The average Bonchev–Trinajstić information content (AvgIpc) is 2.52. The topological polar surface area (TPSA) is 45.7 Å². The van der Waals surface area contributed by atoms with Crippen LogP contribution >= 0.6 is 0 Å². The van der Waals surface area contributed by atoms with Crippen LogP contribution in [0.2, 0.25) is 0 Å². The molecule has 2 rings (SSSR count). The Kier molecular flexibility index (Phi) is 5.01. The second-order valence-corrected chi connectivity index (χ2v) is 5.71. The smallest absolute Gasteiger partial charge is 0.418 e.